The fraction of sp³-hybridized carbons (Fsp3) is 0.182. The lowest BCUT2D eigenvalue weighted by molar-refractivity contribution is -0.140. The fourth-order valence-corrected chi connectivity index (χ4v) is 2.37. The van der Waals surface area contributed by atoms with Gasteiger partial charge in [0.25, 0.3) is 0 Å². The number of carbonyl (C=O) groups excluding carboxylic acids is 2. The van der Waals surface area contributed by atoms with Crippen molar-refractivity contribution in [3.05, 3.63) is 85.0 Å². The van der Waals surface area contributed by atoms with Crippen molar-refractivity contribution in [1.82, 2.24) is 0 Å². The van der Waals surface area contributed by atoms with Crippen molar-refractivity contribution in [2.75, 3.05) is 0 Å². The second-order valence-corrected chi connectivity index (χ2v) is 5.73. The van der Waals surface area contributed by atoms with Crippen molar-refractivity contribution in [1.29, 1.82) is 0 Å². The van der Waals surface area contributed by atoms with Gasteiger partial charge in [-0.25, -0.2) is 0 Å². The third-order valence-corrected chi connectivity index (χ3v) is 3.55. The minimum atomic E-state index is -0.474. The van der Waals surface area contributed by atoms with E-state index < -0.39 is 11.9 Å². The zero-order chi connectivity index (χ0) is 18.8. The maximum Gasteiger partial charge on any atom is 0.311 e. The second-order valence-electron chi connectivity index (χ2n) is 5.73. The molecule has 0 spiro atoms. The average Bonchev–Trinajstić information content (AvgIpc) is 2.61. The highest BCUT2D eigenvalue weighted by Crippen LogP contribution is 2.17. The number of hydrogen-bond acceptors (Lipinski definition) is 4. The van der Waals surface area contributed by atoms with Crippen LogP contribution < -0.4 is 9.47 Å². The van der Waals surface area contributed by atoms with Gasteiger partial charge in [0.1, 0.15) is 11.5 Å². The van der Waals surface area contributed by atoms with Gasteiger partial charge in [0, 0.05) is 0 Å². The maximum absolute atomic E-state index is 11.9. The largest absolute Gasteiger partial charge is 0.427 e. The third-order valence-electron chi connectivity index (χ3n) is 3.55. The fourth-order valence-electron chi connectivity index (χ4n) is 2.37. The van der Waals surface area contributed by atoms with Gasteiger partial charge in [-0.05, 0) is 48.2 Å². The zero-order valence-electron chi connectivity index (χ0n) is 14.6. The molecule has 4 heteroatoms. The van der Waals surface area contributed by atoms with E-state index in [2.05, 4.69) is 13.2 Å². The Hall–Kier alpha value is -3.14. The lowest BCUT2D eigenvalue weighted by atomic mass is 10.1. The molecule has 2 aromatic rings. The van der Waals surface area contributed by atoms with Gasteiger partial charge in [0.2, 0.25) is 0 Å². The SMILES string of the molecule is C=CCc1cccc(OC(=O)CCC(=O)Oc2cccc(CC=C)c2)c1. The summed E-state index contributed by atoms with van der Waals surface area (Å²) in [6, 6.07) is 14.4. The van der Waals surface area contributed by atoms with Crippen molar-refractivity contribution in [2.24, 2.45) is 0 Å². The summed E-state index contributed by atoms with van der Waals surface area (Å²) in [6.45, 7) is 7.36. The molecule has 4 nitrogen and oxygen atoms in total. The molecule has 2 rings (SSSR count). The van der Waals surface area contributed by atoms with Crippen molar-refractivity contribution in [3.63, 3.8) is 0 Å². The van der Waals surface area contributed by atoms with E-state index in [1.54, 1.807) is 36.4 Å². The van der Waals surface area contributed by atoms with E-state index in [0.29, 0.717) is 24.3 Å². The van der Waals surface area contributed by atoms with Gasteiger partial charge in [-0.15, -0.1) is 13.2 Å². The Labute approximate surface area is 153 Å². The Morgan fingerprint density at radius 1 is 0.769 bits per heavy atom. The minimum absolute atomic E-state index is 0.0448. The Balaban J connectivity index is 1.82. The molecule has 0 aliphatic heterocycles. The summed E-state index contributed by atoms with van der Waals surface area (Å²) in [5, 5.41) is 0. The summed E-state index contributed by atoms with van der Waals surface area (Å²) in [4.78, 5) is 23.8. The Bertz CT molecular complexity index is 725. The third kappa shape index (κ3) is 6.40. The van der Waals surface area contributed by atoms with Crippen LogP contribution >= 0.6 is 0 Å². The van der Waals surface area contributed by atoms with Crippen molar-refractivity contribution < 1.29 is 19.1 Å². The standard InChI is InChI=1S/C22H22O4/c1-3-7-17-9-5-11-19(15-17)25-21(23)13-14-22(24)26-20-12-6-10-18(16-20)8-4-2/h3-6,9-12,15-16H,1-2,7-8,13-14H2. The molecule has 0 unspecified atom stereocenters. The van der Waals surface area contributed by atoms with E-state index in [0.717, 1.165) is 11.1 Å². The molecule has 0 saturated heterocycles. The molecule has 0 amide bonds. The topological polar surface area (TPSA) is 52.6 Å². The molecule has 0 aromatic heterocycles. The molecule has 0 bridgehead atoms. The summed E-state index contributed by atoms with van der Waals surface area (Å²) < 4.78 is 10.5. The monoisotopic (exact) mass is 350 g/mol. The molecule has 0 saturated carbocycles. The van der Waals surface area contributed by atoms with Crippen molar-refractivity contribution >= 4 is 11.9 Å². The normalized spacial score (nSPS) is 10.0. The van der Waals surface area contributed by atoms with Crippen LogP contribution in [0.5, 0.6) is 11.5 Å². The van der Waals surface area contributed by atoms with Gasteiger partial charge in [0.05, 0.1) is 12.8 Å². The van der Waals surface area contributed by atoms with Crippen molar-refractivity contribution in [2.45, 2.75) is 25.7 Å². The van der Waals surface area contributed by atoms with Gasteiger partial charge in [-0.1, -0.05) is 36.4 Å². The summed E-state index contributed by atoms with van der Waals surface area (Å²) >= 11 is 0. The Kier molecular flexibility index (Phi) is 7.37. The van der Waals surface area contributed by atoms with Crippen LogP contribution in [-0.2, 0) is 22.4 Å². The lowest BCUT2D eigenvalue weighted by Gasteiger charge is -2.07. The van der Waals surface area contributed by atoms with Crippen LogP contribution in [0.25, 0.3) is 0 Å². The van der Waals surface area contributed by atoms with E-state index >= 15 is 0 Å². The molecule has 0 radical (unpaired) electrons. The average molecular weight is 350 g/mol. The predicted octanol–water partition coefficient (Wildman–Crippen LogP) is 4.43. The van der Waals surface area contributed by atoms with Crippen LogP contribution in [-0.4, -0.2) is 11.9 Å². The number of carbonyl (C=O) groups is 2. The van der Waals surface area contributed by atoms with Crippen LogP contribution in [0, 0.1) is 0 Å². The van der Waals surface area contributed by atoms with Crippen LogP contribution in [0.15, 0.2) is 73.8 Å². The number of ether oxygens (including phenoxy) is 2. The molecular formula is C22H22O4. The lowest BCUT2D eigenvalue weighted by Crippen LogP contribution is -2.14. The highest BCUT2D eigenvalue weighted by atomic mass is 16.5. The number of hydrogen-bond donors (Lipinski definition) is 0. The first-order valence-corrected chi connectivity index (χ1v) is 8.41. The van der Waals surface area contributed by atoms with Crippen LogP contribution in [0.3, 0.4) is 0 Å². The highest BCUT2D eigenvalue weighted by Gasteiger charge is 2.11. The molecule has 0 aliphatic carbocycles. The Morgan fingerprint density at radius 3 is 1.58 bits per heavy atom. The molecule has 0 aliphatic rings. The summed E-state index contributed by atoms with van der Waals surface area (Å²) in [6.07, 6.45) is 4.86. The number of benzene rings is 2. The molecule has 0 atom stereocenters. The Morgan fingerprint density at radius 2 is 1.19 bits per heavy atom. The first kappa shape index (κ1) is 19.2. The number of rotatable bonds is 9. The van der Waals surface area contributed by atoms with Crippen LogP contribution in [0.4, 0.5) is 0 Å². The molecule has 0 heterocycles. The zero-order valence-corrected chi connectivity index (χ0v) is 14.6. The maximum atomic E-state index is 11.9. The first-order chi connectivity index (χ1) is 12.6. The quantitative estimate of drug-likeness (QED) is 0.381. The molecule has 2 aromatic carbocycles. The minimum Gasteiger partial charge on any atom is -0.427 e. The molecule has 26 heavy (non-hydrogen) atoms. The number of esters is 2. The smallest absolute Gasteiger partial charge is 0.311 e. The van der Waals surface area contributed by atoms with Crippen molar-refractivity contribution in [3.8, 4) is 11.5 Å². The van der Waals surface area contributed by atoms with E-state index in [9.17, 15) is 9.59 Å². The molecule has 134 valence electrons. The van der Waals surface area contributed by atoms with E-state index in [4.69, 9.17) is 9.47 Å². The number of allylic oxidation sites excluding steroid dienone is 2. The highest BCUT2D eigenvalue weighted by molar-refractivity contribution is 5.80. The summed E-state index contributed by atoms with van der Waals surface area (Å²) in [5.41, 5.74) is 2.01. The van der Waals surface area contributed by atoms with Gasteiger partial charge in [-0.2, -0.15) is 0 Å². The van der Waals surface area contributed by atoms with E-state index in [-0.39, 0.29) is 12.8 Å². The van der Waals surface area contributed by atoms with E-state index in [1.165, 1.54) is 0 Å². The van der Waals surface area contributed by atoms with E-state index in [1.807, 2.05) is 24.3 Å². The molecule has 0 fully saturated rings. The summed E-state index contributed by atoms with van der Waals surface area (Å²) in [7, 11) is 0. The van der Waals surface area contributed by atoms with Gasteiger partial charge >= 0.3 is 11.9 Å². The van der Waals surface area contributed by atoms with Gasteiger partial charge in [-0.3, -0.25) is 9.59 Å². The van der Waals surface area contributed by atoms with Crippen LogP contribution in [0.1, 0.15) is 24.0 Å². The summed E-state index contributed by atoms with van der Waals surface area (Å²) in [5.74, 6) is -0.0316. The molecule has 0 N–H and O–H groups in total. The first-order valence-electron chi connectivity index (χ1n) is 8.41. The second kappa shape index (κ2) is 9.99. The van der Waals surface area contributed by atoms with Gasteiger partial charge < -0.3 is 9.47 Å². The van der Waals surface area contributed by atoms with Crippen LogP contribution in [0.2, 0.25) is 0 Å². The van der Waals surface area contributed by atoms with Gasteiger partial charge in [0.15, 0.2) is 0 Å². The predicted molar refractivity (Wildman–Crippen MR) is 101 cm³/mol. The molecular weight excluding hydrogens is 328 g/mol.